The highest BCUT2D eigenvalue weighted by molar-refractivity contribution is 5.64. The minimum Gasteiger partial charge on any atom is -0.330 e. The van der Waals surface area contributed by atoms with Crippen molar-refractivity contribution in [3.63, 3.8) is 0 Å². The molecule has 2 N–H and O–H groups in total. The summed E-state index contributed by atoms with van der Waals surface area (Å²) in [6.07, 6.45) is 1.04. The summed E-state index contributed by atoms with van der Waals surface area (Å²) in [4.78, 5) is 0. The molecule has 0 amide bonds. The van der Waals surface area contributed by atoms with Crippen LogP contribution in [0.3, 0.4) is 0 Å². The van der Waals surface area contributed by atoms with E-state index in [9.17, 15) is 0 Å². The van der Waals surface area contributed by atoms with E-state index in [-0.39, 0.29) is 0 Å². The Morgan fingerprint density at radius 1 is 1.00 bits per heavy atom. The molecule has 1 atom stereocenters. The van der Waals surface area contributed by atoms with Gasteiger partial charge in [0.15, 0.2) is 0 Å². The van der Waals surface area contributed by atoms with Crippen LogP contribution in [0.1, 0.15) is 30.4 Å². The SMILES string of the molecule is Cc1ccc(-c2cccc(C(C)CCN)c2)cc1. The van der Waals surface area contributed by atoms with E-state index < -0.39 is 0 Å². The normalized spacial score (nSPS) is 12.4. The lowest BCUT2D eigenvalue weighted by Gasteiger charge is -2.12. The van der Waals surface area contributed by atoms with Crippen LogP contribution in [-0.2, 0) is 0 Å². The summed E-state index contributed by atoms with van der Waals surface area (Å²) in [7, 11) is 0. The molecule has 2 aromatic carbocycles. The summed E-state index contributed by atoms with van der Waals surface area (Å²) >= 11 is 0. The van der Waals surface area contributed by atoms with Gasteiger partial charge in [-0.1, -0.05) is 61.0 Å². The van der Waals surface area contributed by atoms with E-state index in [0.29, 0.717) is 5.92 Å². The Hall–Kier alpha value is -1.60. The zero-order valence-corrected chi connectivity index (χ0v) is 11.2. The van der Waals surface area contributed by atoms with E-state index >= 15 is 0 Å². The van der Waals surface area contributed by atoms with Gasteiger partial charge in [0, 0.05) is 0 Å². The molecule has 0 saturated carbocycles. The van der Waals surface area contributed by atoms with Crippen molar-refractivity contribution >= 4 is 0 Å². The average molecular weight is 239 g/mol. The van der Waals surface area contributed by atoms with Crippen molar-refractivity contribution in [3.05, 3.63) is 59.7 Å². The summed E-state index contributed by atoms with van der Waals surface area (Å²) in [6, 6.07) is 17.5. The summed E-state index contributed by atoms with van der Waals surface area (Å²) in [5.41, 5.74) is 10.9. The van der Waals surface area contributed by atoms with Crippen LogP contribution in [0.25, 0.3) is 11.1 Å². The molecule has 0 fully saturated rings. The summed E-state index contributed by atoms with van der Waals surface area (Å²) in [5.74, 6) is 0.528. The number of hydrogen-bond acceptors (Lipinski definition) is 1. The fourth-order valence-electron chi connectivity index (χ4n) is 2.19. The highest BCUT2D eigenvalue weighted by Crippen LogP contribution is 2.25. The molecule has 1 heteroatoms. The van der Waals surface area contributed by atoms with Crippen LogP contribution in [0.15, 0.2) is 48.5 Å². The van der Waals surface area contributed by atoms with Gasteiger partial charge in [-0.15, -0.1) is 0 Å². The van der Waals surface area contributed by atoms with Crippen molar-refractivity contribution < 1.29 is 0 Å². The van der Waals surface area contributed by atoms with Crippen LogP contribution in [0.5, 0.6) is 0 Å². The number of nitrogens with two attached hydrogens (primary N) is 1. The van der Waals surface area contributed by atoms with Gasteiger partial charge in [-0.2, -0.15) is 0 Å². The van der Waals surface area contributed by atoms with Gasteiger partial charge in [0.25, 0.3) is 0 Å². The second kappa shape index (κ2) is 5.83. The molecule has 2 rings (SSSR count). The van der Waals surface area contributed by atoms with Crippen LogP contribution >= 0.6 is 0 Å². The maximum Gasteiger partial charge on any atom is -0.00715 e. The van der Waals surface area contributed by atoms with Crippen molar-refractivity contribution in [1.29, 1.82) is 0 Å². The molecule has 1 unspecified atom stereocenters. The number of rotatable bonds is 4. The number of aryl methyl sites for hydroxylation is 1. The third kappa shape index (κ3) is 2.99. The second-order valence-corrected chi connectivity index (χ2v) is 4.97. The maximum absolute atomic E-state index is 5.63. The van der Waals surface area contributed by atoms with Gasteiger partial charge in [0.1, 0.15) is 0 Å². The monoisotopic (exact) mass is 239 g/mol. The van der Waals surface area contributed by atoms with Gasteiger partial charge < -0.3 is 5.73 Å². The average Bonchev–Trinajstić information content (AvgIpc) is 2.40. The smallest absolute Gasteiger partial charge is 0.00715 e. The summed E-state index contributed by atoms with van der Waals surface area (Å²) < 4.78 is 0. The molecule has 18 heavy (non-hydrogen) atoms. The van der Waals surface area contributed by atoms with Gasteiger partial charge in [-0.05, 0) is 42.5 Å². The molecule has 0 aromatic heterocycles. The van der Waals surface area contributed by atoms with Gasteiger partial charge in [0.2, 0.25) is 0 Å². The Kier molecular flexibility index (Phi) is 4.16. The summed E-state index contributed by atoms with van der Waals surface area (Å²) in [5, 5.41) is 0. The predicted molar refractivity (Wildman–Crippen MR) is 78.7 cm³/mol. The fraction of sp³-hybridized carbons (Fsp3) is 0.294. The largest absolute Gasteiger partial charge is 0.330 e. The van der Waals surface area contributed by atoms with Crippen LogP contribution in [-0.4, -0.2) is 6.54 Å². The van der Waals surface area contributed by atoms with E-state index in [1.807, 2.05) is 0 Å². The van der Waals surface area contributed by atoms with E-state index in [1.54, 1.807) is 0 Å². The first kappa shape index (κ1) is 12.8. The highest BCUT2D eigenvalue weighted by atomic mass is 14.5. The quantitative estimate of drug-likeness (QED) is 0.853. The Morgan fingerprint density at radius 3 is 2.39 bits per heavy atom. The van der Waals surface area contributed by atoms with Crippen molar-refractivity contribution in [1.82, 2.24) is 0 Å². The molecule has 0 spiro atoms. The number of hydrogen-bond donors (Lipinski definition) is 1. The Morgan fingerprint density at radius 2 is 1.72 bits per heavy atom. The molecule has 94 valence electrons. The Bertz CT molecular complexity index is 499. The Labute approximate surface area is 110 Å². The zero-order valence-electron chi connectivity index (χ0n) is 11.2. The minimum absolute atomic E-state index is 0.528. The standard InChI is InChI=1S/C17H21N/c1-13-6-8-15(9-7-13)17-5-3-4-16(12-17)14(2)10-11-18/h3-9,12,14H,10-11,18H2,1-2H3. The molecule has 0 radical (unpaired) electrons. The van der Waals surface area contributed by atoms with E-state index in [0.717, 1.165) is 13.0 Å². The van der Waals surface area contributed by atoms with Crippen LogP contribution < -0.4 is 5.73 Å². The predicted octanol–water partition coefficient (Wildman–Crippen LogP) is 4.11. The lowest BCUT2D eigenvalue weighted by molar-refractivity contribution is 0.690. The van der Waals surface area contributed by atoms with E-state index in [4.69, 9.17) is 5.73 Å². The molecule has 2 aromatic rings. The third-order valence-corrected chi connectivity index (χ3v) is 3.44. The van der Waals surface area contributed by atoms with Gasteiger partial charge in [-0.3, -0.25) is 0 Å². The summed E-state index contributed by atoms with van der Waals surface area (Å²) in [6.45, 7) is 5.10. The maximum atomic E-state index is 5.63. The molecule has 0 heterocycles. The topological polar surface area (TPSA) is 26.0 Å². The lowest BCUT2D eigenvalue weighted by atomic mass is 9.94. The first-order valence-corrected chi connectivity index (χ1v) is 6.58. The molecule has 0 aliphatic rings. The molecular weight excluding hydrogens is 218 g/mol. The van der Waals surface area contributed by atoms with Crippen LogP contribution in [0.2, 0.25) is 0 Å². The lowest BCUT2D eigenvalue weighted by Crippen LogP contribution is -2.04. The minimum atomic E-state index is 0.528. The molecule has 0 aliphatic heterocycles. The van der Waals surface area contributed by atoms with Crippen molar-refractivity contribution in [2.24, 2.45) is 5.73 Å². The van der Waals surface area contributed by atoms with Gasteiger partial charge in [0.05, 0.1) is 0 Å². The second-order valence-electron chi connectivity index (χ2n) is 4.97. The highest BCUT2D eigenvalue weighted by Gasteiger charge is 2.05. The number of benzene rings is 2. The fourth-order valence-corrected chi connectivity index (χ4v) is 2.19. The van der Waals surface area contributed by atoms with Gasteiger partial charge in [-0.25, -0.2) is 0 Å². The van der Waals surface area contributed by atoms with Crippen LogP contribution in [0, 0.1) is 6.92 Å². The van der Waals surface area contributed by atoms with Crippen LogP contribution in [0.4, 0.5) is 0 Å². The Balaban J connectivity index is 2.29. The third-order valence-electron chi connectivity index (χ3n) is 3.44. The van der Waals surface area contributed by atoms with Crippen molar-refractivity contribution in [2.45, 2.75) is 26.2 Å². The molecular formula is C17H21N. The first-order valence-electron chi connectivity index (χ1n) is 6.58. The zero-order chi connectivity index (χ0) is 13.0. The van der Waals surface area contributed by atoms with E-state index in [1.165, 1.54) is 22.3 Å². The first-order chi connectivity index (χ1) is 8.70. The van der Waals surface area contributed by atoms with E-state index in [2.05, 4.69) is 62.4 Å². The van der Waals surface area contributed by atoms with Crippen molar-refractivity contribution in [3.8, 4) is 11.1 Å². The molecule has 0 saturated heterocycles. The molecule has 0 aliphatic carbocycles. The molecule has 0 bridgehead atoms. The van der Waals surface area contributed by atoms with Crippen molar-refractivity contribution in [2.75, 3.05) is 6.54 Å². The van der Waals surface area contributed by atoms with Gasteiger partial charge >= 0.3 is 0 Å². The molecule has 1 nitrogen and oxygen atoms in total.